The summed E-state index contributed by atoms with van der Waals surface area (Å²) in [6, 6.07) is 0. The van der Waals surface area contributed by atoms with Crippen LogP contribution >= 0.6 is 0 Å². The smallest absolute Gasteiger partial charge is 0.307 e. The van der Waals surface area contributed by atoms with E-state index >= 15 is 0 Å². The number of rotatable bonds is 10. The van der Waals surface area contributed by atoms with Crippen LogP contribution in [0.2, 0.25) is 0 Å². The predicted octanol–water partition coefficient (Wildman–Crippen LogP) is 3.94. The second kappa shape index (κ2) is 8.70. The third-order valence-electron chi connectivity index (χ3n) is 5.86. The number of fused-ring (bicyclic) bond motifs is 2. The third kappa shape index (κ3) is 4.27. The highest BCUT2D eigenvalue weighted by molar-refractivity contribution is 5.86. The lowest BCUT2D eigenvalue weighted by Crippen LogP contribution is -2.44. The quantitative estimate of drug-likeness (QED) is 0.619. The Kier molecular flexibility index (Phi) is 6.91. The van der Waals surface area contributed by atoms with E-state index in [9.17, 15) is 14.7 Å². The summed E-state index contributed by atoms with van der Waals surface area (Å²) in [6.07, 6.45) is 9.61. The van der Waals surface area contributed by atoms with Crippen molar-refractivity contribution in [3.8, 4) is 0 Å². The molecule has 1 N–H and O–H groups in total. The van der Waals surface area contributed by atoms with Crippen molar-refractivity contribution in [2.24, 2.45) is 23.7 Å². The minimum atomic E-state index is -0.752. The van der Waals surface area contributed by atoms with Crippen molar-refractivity contribution in [3.63, 3.8) is 0 Å². The molecule has 0 aliphatic heterocycles. The number of carbonyl (C=O) groups is 2. The Balaban J connectivity index is 2.03. The average molecular weight is 323 g/mol. The summed E-state index contributed by atoms with van der Waals surface area (Å²) in [5, 5.41) is 9.59. The molecule has 4 nitrogen and oxygen atoms in total. The van der Waals surface area contributed by atoms with Crippen molar-refractivity contribution in [1.29, 1.82) is 0 Å². The van der Waals surface area contributed by atoms with E-state index in [2.05, 4.69) is 13.8 Å². The summed E-state index contributed by atoms with van der Waals surface area (Å²) in [5.74, 6) is -0.752. The monoisotopic (exact) mass is 323 g/mol. The van der Waals surface area contributed by atoms with Crippen molar-refractivity contribution in [2.45, 2.75) is 71.6 Å². The molecule has 2 saturated carbocycles. The topological polar surface area (TPSA) is 57.6 Å². The highest BCUT2D eigenvalue weighted by Crippen LogP contribution is 2.53. The second-order valence-electron chi connectivity index (χ2n) is 7.46. The molecule has 0 aromatic heterocycles. The molecule has 2 rings (SSSR count). The van der Waals surface area contributed by atoms with E-state index in [-0.39, 0.29) is 17.7 Å². The first-order chi connectivity index (χ1) is 11.1. The zero-order chi connectivity index (χ0) is 16.8. The van der Waals surface area contributed by atoms with Gasteiger partial charge in [-0.2, -0.15) is 0 Å². The summed E-state index contributed by atoms with van der Waals surface area (Å²) < 4.78 is 0. The Bertz CT molecular complexity index is 399. The Morgan fingerprint density at radius 3 is 1.91 bits per heavy atom. The summed E-state index contributed by atoms with van der Waals surface area (Å²) in [6.45, 7) is 5.94. The molecule has 4 atom stereocenters. The molecule has 2 aliphatic carbocycles. The first-order valence-corrected chi connectivity index (χ1v) is 9.61. The Labute approximate surface area is 140 Å². The van der Waals surface area contributed by atoms with Gasteiger partial charge in [0.1, 0.15) is 0 Å². The van der Waals surface area contributed by atoms with Gasteiger partial charge in [-0.15, -0.1) is 0 Å². The molecule has 23 heavy (non-hydrogen) atoms. The Hall–Kier alpha value is -1.06. The van der Waals surface area contributed by atoms with Gasteiger partial charge >= 0.3 is 5.97 Å². The largest absolute Gasteiger partial charge is 0.481 e. The average Bonchev–Trinajstić information content (AvgIpc) is 3.14. The summed E-state index contributed by atoms with van der Waals surface area (Å²) in [7, 11) is 0. The molecule has 2 bridgehead atoms. The first-order valence-electron chi connectivity index (χ1n) is 9.61. The van der Waals surface area contributed by atoms with E-state index in [1.807, 2.05) is 4.90 Å². The number of amides is 1. The zero-order valence-corrected chi connectivity index (χ0v) is 14.8. The van der Waals surface area contributed by atoms with Gasteiger partial charge in [-0.3, -0.25) is 9.59 Å². The van der Waals surface area contributed by atoms with Gasteiger partial charge in [0.05, 0.1) is 11.8 Å². The van der Waals surface area contributed by atoms with Crippen molar-refractivity contribution in [2.75, 3.05) is 13.1 Å². The van der Waals surface area contributed by atoms with Crippen molar-refractivity contribution in [3.05, 3.63) is 0 Å². The van der Waals surface area contributed by atoms with Crippen LogP contribution in [-0.4, -0.2) is 35.0 Å². The molecule has 0 heterocycles. The highest BCUT2D eigenvalue weighted by Gasteiger charge is 2.54. The normalized spacial score (nSPS) is 29.0. The second-order valence-corrected chi connectivity index (χ2v) is 7.46. The lowest BCUT2D eigenvalue weighted by Gasteiger charge is -2.33. The summed E-state index contributed by atoms with van der Waals surface area (Å²) in [4.78, 5) is 26.8. The van der Waals surface area contributed by atoms with E-state index in [1.54, 1.807) is 0 Å². The number of unbranched alkanes of at least 4 members (excludes halogenated alkanes) is 4. The molecule has 0 spiro atoms. The highest BCUT2D eigenvalue weighted by atomic mass is 16.4. The molecular weight excluding hydrogens is 290 g/mol. The number of hydrogen-bond acceptors (Lipinski definition) is 2. The van der Waals surface area contributed by atoms with Crippen LogP contribution < -0.4 is 0 Å². The van der Waals surface area contributed by atoms with Crippen LogP contribution in [0.25, 0.3) is 0 Å². The molecule has 0 radical (unpaired) electrons. The SMILES string of the molecule is CCCCCN(CCCCC)C(=O)C1C2CCC(C2)C1C(=O)O. The van der Waals surface area contributed by atoms with Crippen molar-refractivity contribution < 1.29 is 14.7 Å². The maximum atomic E-state index is 13.1. The lowest BCUT2D eigenvalue weighted by atomic mass is 9.78. The van der Waals surface area contributed by atoms with Gasteiger partial charge in [0.2, 0.25) is 5.91 Å². The maximum Gasteiger partial charge on any atom is 0.307 e. The first kappa shape index (κ1) is 18.3. The van der Waals surface area contributed by atoms with Gasteiger partial charge < -0.3 is 10.0 Å². The van der Waals surface area contributed by atoms with Gasteiger partial charge in [0.15, 0.2) is 0 Å². The van der Waals surface area contributed by atoms with Crippen LogP contribution in [0.5, 0.6) is 0 Å². The molecule has 0 aromatic rings. The molecule has 2 fully saturated rings. The zero-order valence-electron chi connectivity index (χ0n) is 14.8. The number of carboxylic acid groups (broad SMARTS) is 1. The van der Waals surface area contributed by atoms with Gasteiger partial charge in [-0.1, -0.05) is 39.5 Å². The number of hydrogen-bond donors (Lipinski definition) is 1. The maximum absolute atomic E-state index is 13.1. The van der Waals surface area contributed by atoms with Gasteiger partial charge in [0.25, 0.3) is 0 Å². The predicted molar refractivity (Wildman–Crippen MR) is 91.1 cm³/mol. The molecule has 1 amide bonds. The number of nitrogens with zero attached hydrogens (tertiary/aromatic N) is 1. The fourth-order valence-corrected chi connectivity index (χ4v) is 4.65. The van der Waals surface area contributed by atoms with E-state index < -0.39 is 11.9 Å². The Morgan fingerprint density at radius 1 is 0.913 bits per heavy atom. The van der Waals surface area contributed by atoms with E-state index in [0.717, 1.165) is 70.9 Å². The van der Waals surface area contributed by atoms with Crippen LogP contribution in [0.15, 0.2) is 0 Å². The van der Waals surface area contributed by atoms with E-state index in [0.29, 0.717) is 5.92 Å². The van der Waals surface area contributed by atoms with Gasteiger partial charge in [0, 0.05) is 13.1 Å². The standard InChI is InChI=1S/C19H33NO3/c1-3-5-7-11-20(12-8-6-4-2)18(21)16-14-9-10-15(13-14)17(16)19(22)23/h14-17H,3-13H2,1-2H3,(H,22,23). The molecule has 4 heteroatoms. The molecule has 4 unspecified atom stereocenters. The number of carboxylic acids is 1. The molecule has 132 valence electrons. The lowest BCUT2D eigenvalue weighted by molar-refractivity contribution is -0.153. The van der Waals surface area contributed by atoms with Crippen LogP contribution in [0.4, 0.5) is 0 Å². The van der Waals surface area contributed by atoms with Crippen molar-refractivity contribution in [1.82, 2.24) is 4.90 Å². The molecule has 2 aliphatic rings. The van der Waals surface area contributed by atoms with Crippen LogP contribution in [-0.2, 0) is 9.59 Å². The van der Waals surface area contributed by atoms with Crippen LogP contribution in [0.1, 0.15) is 71.6 Å². The minimum Gasteiger partial charge on any atom is -0.481 e. The van der Waals surface area contributed by atoms with E-state index in [1.165, 1.54) is 0 Å². The van der Waals surface area contributed by atoms with Gasteiger partial charge in [-0.05, 0) is 43.9 Å². The molecule has 0 aromatic carbocycles. The summed E-state index contributed by atoms with van der Waals surface area (Å²) in [5.41, 5.74) is 0. The van der Waals surface area contributed by atoms with Crippen molar-refractivity contribution >= 4 is 11.9 Å². The van der Waals surface area contributed by atoms with E-state index in [4.69, 9.17) is 0 Å². The third-order valence-corrected chi connectivity index (χ3v) is 5.86. The van der Waals surface area contributed by atoms with Crippen LogP contribution in [0.3, 0.4) is 0 Å². The molecule has 0 saturated heterocycles. The fourth-order valence-electron chi connectivity index (χ4n) is 4.65. The van der Waals surface area contributed by atoms with Crippen LogP contribution in [0, 0.1) is 23.7 Å². The minimum absolute atomic E-state index is 0.136. The number of carbonyl (C=O) groups excluding carboxylic acids is 1. The summed E-state index contributed by atoms with van der Waals surface area (Å²) >= 11 is 0. The molecular formula is C19H33NO3. The fraction of sp³-hybridized carbons (Fsp3) is 0.895. The number of aliphatic carboxylic acids is 1. The Morgan fingerprint density at radius 2 is 1.43 bits per heavy atom. The van der Waals surface area contributed by atoms with Gasteiger partial charge in [-0.25, -0.2) is 0 Å².